The van der Waals surface area contributed by atoms with E-state index in [1.807, 2.05) is 4.90 Å². The van der Waals surface area contributed by atoms with E-state index >= 15 is 0 Å². The summed E-state index contributed by atoms with van der Waals surface area (Å²) < 4.78 is 4.96. The SMILES string of the molecule is COCC(N)C(=O)N1CCC(CCc2ccc(C)cc2)CC1. The van der Waals surface area contributed by atoms with Crippen molar-refractivity contribution in [1.29, 1.82) is 0 Å². The Bertz CT molecular complexity index is 464. The lowest BCUT2D eigenvalue weighted by Crippen LogP contribution is -2.48. The molecular formula is C18H28N2O2. The van der Waals surface area contributed by atoms with Gasteiger partial charge < -0.3 is 15.4 Å². The number of piperidine rings is 1. The summed E-state index contributed by atoms with van der Waals surface area (Å²) in [7, 11) is 1.57. The first-order chi connectivity index (χ1) is 10.6. The maximum absolute atomic E-state index is 12.1. The first-order valence-corrected chi connectivity index (χ1v) is 8.19. The fourth-order valence-corrected chi connectivity index (χ4v) is 3.05. The van der Waals surface area contributed by atoms with Crippen molar-refractivity contribution >= 4 is 5.91 Å². The van der Waals surface area contributed by atoms with Crippen LogP contribution in [0.1, 0.15) is 30.4 Å². The Morgan fingerprint density at radius 1 is 1.32 bits per heavy atom. The summed E-state index contributed by atoms with van der Waals surface area (Å²) >= 11 is 0. The number of carbonyl (C=O) groups is 1. The Kier molecular flexibility index (Phi) is 6.40. The van der Waals surface area contributed by atoms with Gasteiger partial charge in [-0.05, 0) is 44.1 Å². The van der Waals surface area contributed by atoms with Crippen LogP contribution >= 0.6 is 0 Å². The van der Waals surface area contributed by atoms with Crippen LogP contribution in [0.15, 0.2) is 24.3 Å². The highest BCUT2D eigenvalue weighted by atomic mass is 16.5. The summed E-state index contributed by atoms with van der Waals surface area (Å²) in [5.74, 6) is 0.739. The smallest absolute Gasteiger partial charge is 0.241 e. The van der Waals surface area contributed by atoms with E-state index in [4.69, 9.17) is 10.5 Å². The molecule has 1 unspecified atom stereocenters. The Morgan fingerprint density at radius 3 is 2.55 bits per heavy atom. The number of likely N-dealkylation sites (tertiary alicyclic amines) is 1. The fourth-order valence-electron chi connectivity index (χ4n) is 3.05. The van der Waals surface area contributed by atoms with Crippen LogP contribution < -0.4 is 5.73 Å². The number of amides is 1. The van der Waals surface area contributed by atoms with E-state index in [0.717, 1.165) is 32.4 Å². The lowest BCUT2D eigenvalue weighted by Gasteiger charge is -2.33. The van der Waals surface area contributed by atoms with Gasteiger partial charge in [-0.25, -0.2) is 0 Å². The monoisotopic (exact) mass is 304 g/mol. The molecule has 4 nitrogen and oxygen atoms in total. The maximum atomic E-state index is 12.1. The van der Waals surface area contributed by atoms with E-state index in [0.29, 0.717) is 12.5 Å². The molecule has 1 aliphatic rings. The molecule has 0 aromatic heterocycles. The number of benzene rings is 1. The first-order valence-electron chi connectivity index (χ1n) is 8.19. The molecule has 1 amide bonds. The van der Waals surface area contributed by atoms with Gasteiger partial charge in [-0.3, -0.25) is 4.79 Å². The van der Waals surface area contributed by atoms with Crippen LogP contribution in [0.2, 0.25) is 0 Å². The van der Waals surface area contributed by atoms with E-state index in [2.05, 4.69) is 31.2 Å². The number of nitrogens with zero attached hydrogens (tertiary/aromatic N) is 1. The number of ether oxygens (including phenoxy) is 1. The molecule has 22 heavy (non-hydrogen) atoms. The second-order valence-corrected chi connectivity index (χ2v) is 6.35. The molecule has 1 aliphatic heterocycles. The molecule has 1 atom stereocenters. The average molecular weight is 304 g/mol. The van der Waals surface area contributed by atoms with Crippen molar-refractivity contribution in [3.05, 3.63) is 35.4 Å². The summed E-state index contributed by atoms with van der Waals surface area (Å²) in [6.45, 7) is 4.07. The lowest BCUT2D eigenvalue weighted by molar-refractivity contribution is -0.135. The van der Waals surface area contributed by atoms with Crippen LogP contribution in [-0.2, 0) is 16.0 Å². The minimum Gasteiger partial charge on any atom is -0.383 e. The number of hydrogen-bond donors (Lipinski definition) is 1. The molecule has 0 bridgehead atoms. The molecule has 1 aromatic carbocycles. The highest BCUT2D eigenvalue weighted by Gasteiger charge is 2.26. The van der Waals surface area contributed by atoms with Gasteiger partial charge in [0, 0.05) is 20.2 Å². The van der Waals surface area contributed by atoms with E-state index in [-0.39, 0.29) is 5.91 Å². The van der Waals surface area contributed by atoms with Crippen molar-refractivity contribution in [2.45, 2.75) is 38.6 Å². The van der Waals surface area contributed by atoms with Gasteiger partial charge in [-0.15, -0.1) is 0 Å². The van der Waals surface area contributed by atoms with Gasteiger partial charge >= 0.3 is 0 Å². The third-order valence-electron chi connectivity index (χ3n) is 4.55. The van der Waals surface area contributed by atoms with Crippen LogP contribution in [0.25, 0.3) is 0 Å². The molecule has 0 radical (unpaired) electrons. The van der Waals surface area contributed by atoms with E-state index < -0.39 is 6.04 Å². The van der Waals surface area contributed by atoms with Crippen molar-refractivity contribution < 1.29 is 9.53 Å². The number of hydrogen-bond acceptors (Lipinski definition) is 3. The number of aryl methyl sites for hydroxylation is 2. The quantitative estimate of drug-likeness (QED) is 0.876. The topological polar surface area (TPSA) is 55.6 Å². The molecule has 0 aliphatic carbocycles. The molecule has 2 N–H and O–H groups in total. The second-order valence-electron chi connectivity index (χ2n) is 6.35. The molecule has 1 saturated heterocycles. The summed E-state index contributed by atoms with van der Waals surface area (Å²) in [6.07, 6.45) is 4.49. The molecule has 0 spiro atoms. The Hall–Kier alpha value is -1.39. The van der Waals surface area contributed by atoms with E-state index in [1.165, 1.54) is 17.5 Å². The van der Waals surface area contributed by atoms with Gasteiger partial charge in [-0.1, -0.05) is 29.8 Å². The molecule has 1 aromatic rings. The van der Waals surface area contributed by atoms with Crippen molar-refractivity contribution in [3.8, 4) is 0 Å². The maximum Gasteiger partial charge on any atom is 0.241 e. The normalized spacial score (nSPS) is 17.5. The highest BCUT2D eigenvalue weighted by molar-refractivity contribution is 5.81. The zero-order valence-corrected chi connectivity index (χ0v) is 13.8. The van der Waals surface area contributed by atoms with E-state index in [1.54, 1.807) is 7.11 Å². The molecular weight excluding hydrogens is 276 g/mol. The van der Waals surface area contributed by atoms with Crippen molar-refractivity contribution in [2.24, 2.45) is 11.7 Å². The average Bonchev–Trinajstić information content (AvgIpc) is 2.54. The molecule has 1 heterocycles. The largest absolute Gasteiger partial charge is 0.383 e. The van der Waals surface area contributed by atoms with Gasteiger partial charge in [0.05, 0.1) is 6.61 Å². The third-order valence-corrected chi connectivity index (χ3v) is 4.55. The molecule has 122 valence electrons. The summed E-state index contributed by atoms with van der Waals surface area (Å²) in [4.78, 5) is 14.0. The minimum atomic E-state index is -0.519. The van der Waals surface area contributed by atoms with E-state index in [9.17, 15) is 4.79 Å². The number of nitrogens with two attached hydrogens (primary N) is 1. The standard InChI is InChI=1S/C18H28N2O2/c1-14-3-5-15(6-4-14)7-8-16-9-11-20(12-10-16)18(21)17(19)13-22-2/h3-6,16-17H,7-13,19H2,1-2H3. The van der Waals surface area contributed by atoms with Crippen molar-refractivity contribution in [1.82, 2.24) is 4.90 Å². The Labute approximate surface area is 133 Å². The molecule has 4 heteroatoms. The highest BCUT2D eigenvalue weighted by Crippen LogP contribution is 2.23. The van der Waals surface area contributed by atoms with Crippen molar-refractivity contribution in [3.63, 3.8) is 0 Å². The number of rotatable bonds is 6. The van der Waals surface area contributed by atoms with Crippen molar-refractivity contribution in [2.75, 3.05) is 26.8 Å². The molecule has 0 saturated carbocycles. The van der Waals surface area contributed by atoms with Crippen LogP contribution in [0.5, 0.6) is 0 Å². The summed E-state index contributed by atoms with van der Waals surface area (Å²) in [6, 6.07) is 8.27. The first kappa shape index (κ1) is 17.0. The van der Waals surface area contributed by atoms with Crippen LogP contribution in [-0.4, -0.2) is 43.7 Å². The number of carbonyl (C=O) groups excluding carboxylic acids is 1. The van der Waals surface area contributed by atoms with Gasteiger partial charge in [0.25, 0.3) is 0 Å². The van der Waals surface area contributed by atoms with Gasteiger partial charge in [0.2, 0.25) is 5.91 Å². The molecule has 1 fully saturated rings. The summed E-state index contributed by atoms with van der Waals surface area (Å²) in [5, 5.41) is 0. The number of methoxy groups -OCH3 is 1. The Morgan fingerprint density at radius 2 is 1.95 bits per heavy atom. The zero-order chi connectivity index (χ0) is 15.9. The minimum absolute atomic E-state index is 0.0267. The predicted molar refractivity (Wildman–Crippen MR) is 88.7 cm³/mol. The van der Waals surface area contributed by atoms with Gasteiger partial charge in [0.15, 0.2) is 0 Å². The van der Waals surface area contributed by atoms with Crippen LogP contribution in [0, 0.1) is 12.8 Å². The third kappa shape index (κ3) is 4.82. The van der Waals surface area contributed by atoms with Crippen LogP contribution in [0.4, 0.5) is 0 Å². The summed E-state index contributed by atoms with van der Waals surface area (Å²) in [5.41, 5.74) is 8.54. The van der Waals surface area contributed by atoms with Gasteiger partial charge in [-0.2, -0.15) is 0 Å². The van der Waals surface area contributed by atoms with Gasteiger partial charge in [0.1, 0.15) is 6.04 Å². The molecule has 2 rings (SSSR count). The predicted octanol–water partition coefficient (Wildman–Crippen LogP) is 2.14. The second kappa shape index (κ2) is 8.30. The Balaban J connectivity index is 1.73. The zero-order valence-electron chi connectivity index (χ0n) is 13.8. The van der Waals surface area contributed by atoms with Crippen LogP contribution in [0.3, 0.4) is 0 Å². The lowest BCUT2D eigenvalue weighted by atomic mass is 9.90. The fraction of sp³-hybridized carbons (Fsp3) is 0.611.